The van der Waals surface area contributed by atoms with Crippen LogP contribution in [0.3, 0.4) is 0 Å². The van der Waals surface area contributed by atoms with Gasteiger partial charge in [-0.3, -0.25) is 4.79 Å². The Morgan fingerprint density at radius 3 is 2.69 bits per heavy atom. The topological polar surface area (TPSA) is 41.1 Å². The third kappa shape index (κ3) is 2.44. The highest BCUT2D eigenvalue weighted by Crippen LogP contribution is 2.26. The molecule has 1 fully saturated rings. The average molecular weight is 283 g/mol. The number of benzene rings is 1. The lowest BCUT2D eigenvalue weighted by molar-refractivity contribution is -0.123. The molecule has 1 unspecified atom stereocenters. The fourth-order valence-electron chi connectivity index (χ4n) is 1.83. The highest BCUT2D eigenvalue weighted by Gasteiger charge is 2.36. The molecule has 1 atom stereocenters. The van der Waals surface area contributed by atoms with Crippen LogP contribution in [0.2, 0.25) is 0 Å². The smallest absolute Gasteiger partial charge is 0.231 e. The van der Waals surface area contributed by atoms with E-state index in [0.29, 0.717) is 0 Å². The molecule has 0 aromatic heterocycles. The lowest BCUT2D eigenvalue weighted by atomic mass is 9.89. The van der Waals surface area contributed by atoms with Crippen molar-refractivity contribution in [2.45, 2.75) is 13.3 Å². The molecule has 0 spiro atoms. The molecule has 3 nitrogen and oxygen atoms in total. The van der Waals surface area contributed by atoms with Crippen LogP contribution < -0.4 is 10.6 Å². The number of amides is 1. The molecule has 0 saturated carbocycles. The van der Waals surface area contributed by atoms with Gasteiger partial charge in [-0.1, -0.05) is 15.9 Å². The summed E-state index contributed by atoms with van der Waals surface area (Å²) >= 11 is 3.37. The third-order valence-corrected chi connectivity index (χ3v) is 3.55. The molecule has 2 N–H and O–H groups in total. The Labute approximate surface area is 104 Å². The van der Waals surface area contributed by atoms with E-state index in [1.165, 1.54) is 0 Å². The molecule has 1 aliphatic heterocycles. The zero-order valence-electron chi connectivity index (χ0n) is 9.22. The molecular formula is C12H15BrN2O. The van der Waals surface area contributed by atoms with Gasteiger partial charge in [0.05, 0.1) is 5.41 Å². The minimum atomic E-state index is -0.271. The number of hydrogen-bond donors (Lipinski definition) is 2. The molecule has 4 heteroatoms. The second-order valence-electron chi connectivity index (χ2n) is 4.45. The predicted octanol–water partition coefficient (Wildman–Crippen LogP) is 2.39. The predicted molar refractivity (Wildman–Crippen MR) is 68.4 cm³/mol. The summed E-state index contributed by atoms with van der Waals surface area (Å²) in [6.07, 6.45) is 0.898. The van der Waals surface area contributed by atoms with Crippen LogP contribution >= 0.6 is 15.9 Å². The molecular weight excluding hydrogens is 268 g/mol. The van der Waals surface area contributed by atoms with Crippen molar-refractivity contribution in [2.24, 2.45) is 5.41 Å². The van der Waals surface area contributed by atoms with Gasteiger partial charge in [0.1, 0.15) is 0 Å². The molecule has 1 aromatic rings. The second kappa shape index (κ2) is 4.55. The maximum absolute atomic E-state index is 12.1. The summed E-state index contributed by atoms with van der Waals surface area (Å²) in [6.45, 7) is 3.68. The van der Waals surface area contributed by atoms with E-state index in [1.807, 2.05) is 31.2 Å². The van der Waals surface area contributed by atoms with E-state index in [0.717, 1.165) is 29.7 Å². The van der Waals surface area contributed by atoms with E-state index >= 15 is 0 Å². The largest absolute Gasteiger partial charge is 0.326 e. The van der Waals surface area contributed by atoms with Gasteiger partial charge in [-0.25, -0.2) is 0 Å². The molecule has 2 rings (SSSR count). The molecule has 1 aliphatic rings. The first-order valence-electron chi connectivity index (χ1n) is 5.38. The Hall–Kier alpha value is -0.870. The fourth-order valence-corrected chi connectivity index (χ4v) is 2.09. The van der Waals surface area contributed by atoms with Crippen LogP contribution in [0.1, 0.15) is 13.3 Å². The Kier molecular flexibility index (Phi) is 3.30. The van der Waals surface area contributed by atoms with Gasteiger partial charge in [0.2, 0.25) is 5.91 Å². The van der Waals surface area contributed by atoms with Gasteiger partial charge >= 0.3 is 0 Å². The average Bonchev–Trinajstić information content (AvgIpc) is 2.70. The first-order chi connectivity index (χ1) is 7.60. The van der Waals surface area contributed by atoms with Gasteiger partial charge in [-0.2, -0.15) is 0 Å². The summed E-state index contributed by atoms with van der Waals surface area (Å²) in [5, 5.41) is 6.17. The van der Waals surface area contributed by atoms with E-state index in [1.54, 1.807) is 0 Å². The lowest BCUT2D eigenvalue weighted by Gasteiger charge is -2.21. The van der Waals surface area contributed by atoms with E-state index in [2.05, 4.69) is 26.6 Å². The summed E-state index contributed by atoms with van der Waals surface area (Å²) in [5.41, 5.74) is 0.578. The molecule has 1 aromatic carbocycles. The fraction of sp³-hybridized carbons (Fsp3) is 0.417. The van der Waals surface area contributed by atoms with Crippen molar-refractivity contribution >= 4 is 27.5 Å². The third-order valence-electron chi connectivity index (χ3n) is 3.02. The van der Waals surface area contributed by atoms with Crippen molar-refractivity contribution in [3.63, 3.8) is 0 Å². The van der Waals surface area contributed by atoms with Crippen LogP contribution in [-0.2, 0) is 4.79 Å². The Morgan fingerprint density at radius 2 is 2.12 bits per heavy atom. The molecule has 0 bridgehead atoms. The maximum atomic E-state index is 12.1. The van der Waals surface area contributed by atoms with Crippen LogP contribution in [0.5, 0.6) is 0 Å². The highest BCUT2D eigenvalue weighted by atomic mass is 79.9. The van der Waals surface area contributed by atoms with Gasteiger partial charge < -0.3 is 10.6 Å². The quantitative estimate of drug-likeness (QED) is 0.875. The number of hydrogen-bond acceptors (Lipinski definition) is 2. The van der Waals surface area contributed by atoms with Crippen LogP contribution in [0.15, 0.2) is 28.7 Å². The summed E-state index contributed by atoms with van der Waals surface area (Å²) in [4.78, 5) is 12.1. The number of carbonyl (C=O) groups is 1. The SMILES string of the molecule is CC1(C(=O)Nc2ccc(Br)cc2)CCNC1. The molecule has 16 heavy (non-hydrogen) atoms. The Morgan fingerprint density at radius 1 is 1.44 bits per heavy atom. The van der Waals surface area contributed by atoms with Crippen LogP contribution in [-0.4, -0.2) is 19.0 Å². The normalized spacial score (nSPS) is 24.4. The molecule has 86 valence electrons. The zero-order chi connectivity index (χ0) is 11.6. The van der Waals surface area contributed by atoms with Gasteiger partial charge in [0, 0.05) is 16.7 Å². The molecule has 1 amide bonds. The molecule has 1 saturated heterocycles. The van der Waals surface area contributed by atoms with E-state index < -0.39 is 0 Å². The number of nitrogens with one attached hydrogen (secondary N) is 2. The lowest BCUT2D eigenvalue weighted by Crippen LogP contribution is -2.35. The summed E-state index contributed by atoms with van der Waals surface area (Å²) < 4.78 is 1.01. The number of carbonyl (C=O) groups excluding carboxylic acids is 1. The highest BCUT2D eigenvalue weighted by molar-refractivity contribution is 9.10. The molecule has 0 radical (unpaired) electrons. The molecule has 1 heterocycles. The maximum Gasteiger partial charge on any atom is 0.231 e. The van der Waals surface area contributed by atoms with Crippen molar-refractivity contribution in [3.05, 3.63) is 28.7 Å². The van der Waals surface area contributed by atoms with Crippen molar-refractivity contribution in [1.29, 1.82) is 0 Å². The zero-order valence-corrected chi connectivity index (χ0v) is 10.8. The minimum absolute atomic E-state index is 0.0971. The Bertz CT molecular complexity index is 383. The number of rotatable bonds is 2. The number of anilines is 1. The first-order valence-corrected chi connectivity index (χ1v) is 6.17. The standard InChI is InChI=1S/C12H15BrN2O/c1-12(6-7-14-8-12)11(16)15-10-4-2-9(13)3-5-10/h2-5,14H,6-8H2,1H3,(H,15,16). The van der Waals surface area contributed by atoms with Crippen LogP contribution in [0.4, 0.5) is 5.69 Å². The van der Waals surface area contributed by atoms with Crippen molar-refractivity contribution < 1.29 is 4.79 Å². The van der Waals surface area contributed by atoms with Gasteiger partial charge in [0.25, 0.3) is 0 Å². The van der Waals surface area contributed by atoms with E-state index in [-0.39, 0.29) is 11.3 Å². The molecule has 0 aliphatic carbocycles. The van der Waals surface area contributed by atoms with Crippen molar-refractivity contribution in [2.75, 3.05) is 18.4 Å². The minimum Gasteiger partial charge on any atom is -0.326 e. The summed E-state index contributed by atoms with van der Waals surface area (Å²) in [5.74, 6) is 0.0971. The van der Waals surface area contributed by atoms with Gasteiger partial charge in [-0.05, 0) is 44.2 Å². The summed E-state index contributed by atoms with van der Waals surface area (Å²) in [7, 11) is 0. The van der Waals surface area contributed by atoms with E-state index in [4.69, 9.17) is 0 Å². The first kappa shape index (κ1) is 11.6. The van der Waals surface area contributed by atoms with E-state index in [9.17, 15) is 4.79 Å². The van der Waals surface area contributed by atoms with Crippen molar-refractivity contribution in [1.82, 2.24) is 5.32 Å². The summed E-state index contributed by atoms with van der Waals surface area (Å²) in [6, 6.07) is 7.64. The van der Waals surface area contributed by atoms with Crippen molar-refractivity contribution in [3.8, 4) is 0 Å². The van der Waals surface area contributed by atoms with Gasteiger partial charge in [0.15, 0.2) is 0 Å². The monoisotopic (exact) mass is 282 g/mol. The van der Waals surface area contributed by atoms with Crippen LogP contribution in [0.25, 0.3) is 0 Å². The van der Waals surface area contributed by atoms with Gasteiger partial charge in [-0.15, -0.1) is 0 Å². The van der Waals surface area contributed by atoms with Crippen LogP contribution in [0, 0.1) is 5.41 Å². The number of halogens is 1. The second-order valence-corrected chi connectivity index (χ2v) is 5.36. The Balaban J connectivity index is 2.04.